The van der Waals surface area contributed by atoms with Gasteiger partial charge in [-0.25, -0.2) is 0 Å². The molecule has 1 unspecified atom stereocenters. The van der Waals surface area contributed by atoms with Gasteiger partial charge in [0.25, 0.3) is 0 Å². The van der Waals surface area contributed by atoms with Crippen LogP contribution in [-0.4, -0.2) is 74.2 Å². The van der Waals surface area contributed by atoms with E-state index in [1.165, 1.54) is 24.9 Å². The third kappa shape index (κ3) is 5.45. The fourth-order valence-corrected chi connectivity index (χ4v) is 4.13. The van der Waals surface area contributed by atoms with E-state index in [2.05, 4.69) is 45.0 Å². The largest absolute Gasteiger partial charge is 0.466 e. The Morgan fingerprint density at radius 3 is 2.35 bits per heavy atom. The maximum absolute atomic E-state index is 12.1. The van der Waals surface area contributed by atoms with Gasteiger partial charge in [-0.05, 0) is 45.0 Å². The number of hydrogen-bond acceptors (Lipinski definition) is 5. The second kappa shape index (κ2) is 9.93. The summed E-state index contributed by atoms with van der Waals surface area (Å²) in [5.74, 6) is -0.0500. The Hall–Kier alpha value is -1.59. The fraction of sp³-hybridized carbons (Fsp3) is 0.667. The maximum atomic E-state index is 12.1. The van der Waals surface area contributed by atoms with E-state index < -0.39 is 0 Å². The second-order valence-electron chi connectivity index (χ2n) is 7.38. The number of para-hydroxylation sites is 1. The molecule has 0 amide bonds. The van der Waals surface area contributed by atoms with Gasteiger partial charge in [-0.1, -0.05) is 24.6 Å². The average Bonchev–Trinajstić information content (AvgIpc) is 2.70. The van der Waals surface area contributed by atoms with E-state index in [0.29, 0.717) is 13.0 Å². The van der Waals surface area contributed by atoms with Crippen LogP contribution < -0.4 is 4.90 Å². The molecule has 0 aromatic heterocycles. The molecule has 0 aliphatic carbocycles. The predicted molar refractivity (Wildman–Crippen MR) is 106 cm³/mol. The van der Waals surface area contributed by atoms with Crippen LogP contribution in [-0.2, 0) is 9.53 Å². The van der Waals surface area contributed by atoms with Gasteiger partial charge < -0.3 is 9.64 Å². The molecule has 2 aliphatic rings. The van der Waals surface area contributed by atoms with Crippen molar-refractivity contribution in [3.8, 4) is 0 Å². The van der Waals surface area contributed by atoms with Gasteiger partial charge in [0.15, 0.2) is 0 Å². The first kappa shape index (κ1) is 19.2. The Bertz CT molecular complexity index is 537. The zero-order valence-electron chi connectivity index (χ0n) is 16.1. The maximum Gasteiger partial charge on any atom is 0.307 e. The van der Waals surface area contributed by atoms with Gasteiger partial charge in [0.1, 0.15) is 0 Å². The summed E-state index contributed by atoms with van der Waals surface area (Å²) in [7, 11) is 0. The Morgan fingerprint density at radius 1 is 1.00 bits per heavy atom. The summed E-state index contributed by atoms with van der Waals surface area (Å²) in [5.41, 5.74) is 1.31. The lowest BCUT2D eigenvalue weighted by Crippen LogP contribution is -2.53. The third-order valence-corrected chi connectivity index (χ3v) is 5.58. The zero-order chi connectivity index (χ0) is 18.2. The highest BCUT2D eigenvalue weighted by Gasteiger charge is 2.27. The summed E-state index contributed by atoms with van der Waals surface area (Å²) in [5, 5.41) is 0. The number of anilines is 1. The lowest BCUT2D eigenvalue weighted by Gasteiger charge is -2.41. The minimum Gasteiger partial charge on any atom is -0.466 e. The SMILES string of the molecule is CCOC(=O)CC(CN1CCN(c2ccccc2)CC1)N1CCCCC1. The average molecular weight is 360 g/mol. The molecule has 144 valence electrons. The summed E-state index contributed by atoms with van der Waals surface area (Å²) in [6, 6.07) is 10.9. The molecule has 5 nitrogen and oxygen atoms in total. The van der Waals surface area contributed by atoms with E-state index in [-0.39, 0.29) is 12.0 Å². The summed E-state index contributed by atoms with van der Waals surface area (Å²) in [6.45, 7) is 9.79. The molecule has 2 heterocycles. The summed E-state index contributed by atoms with van der Waals surface area (Å²) >= 11 is 0. The molecule has 5 heteroatoms. The van der Waals surface area contributed by atoms with E-state index in [4.69, 9.17) is 4.74 Å². The highest BCUT2D eigenvalue weighted by molar-refractivity contribution is 5.70. The molecule has 2 saturated heterocycles. The van der Waals surface area contributed by atoms with Gasteiger partial charge in [0.05, 0.1) is 13.0 Å². The van der Waals surface area contributed by atoms with Crippen LogP contribution in [0.2, 0.25) is 0 Å². The number of piperazine rings is 1. The van der Waals surface area contributed by atoms with E-state index >= 15 is 0 Å². The van der Waals surface area contributed by atoms with E-state index in [1.54, 1.807) is 0 Å². The molecule has 0 N–H and O–H groups in total. The van der Waals surface area contributed by atoms with Crippen LogP contribution in [0.3, 0.4) is 0 Å². The number of esters is 1. The molecule has 26 heavy (non-hydrogen) atoms. The molecular weight excluding hydrogens is 326 g/mol. The van der Waals surface area contributed by atoms with Crippen LogP contribution in [0.25, 0.3) is 0 Å². The molecule has 2 fully saturated rings. The minimum absolute atomic E-state index is 0.0500. The van der Waals surface area contributed by atoms with Gasteiger partial charge in [-0.3, -0.25) is 14.6 Å². The first-order valence-electron chi connectivity index (χ1n) is 10.2. The molecule has 1 aromatic carbocycles. The number of ether oxygens (including phenoxy) is 1. The second-order valence-corrected chi connectivity index (χ2v) is 7.38. The van der Waals surface area contributed by atoms with Gasteiger partial charge in [-0.2, -0.15) is 0 Å². The number of nitrogens with zero attached hydrogens (tertiary/aromatic N) is 3. The quantitative estimate of drug-likeness (QED) is 0.700. The molecular formula is C21H33N3O2. The van der Waals surface area contributed by atoms with Crippen LogP contribution in [0, 0.1) is 0 Å². The lowest BCUT2D eigenvalue weighted by atomic mass is 10.1. The van der Waals surface area contributed by atoms with E-state index in [9.17, 15) is 4.79 Å². The lowest BCUT2D eigenvalue weighted by molar-refractivity contribution is -0.144. The number of benzene rings is 1. The summed E-state index contributed by atoms with van der Waals surface area (Å²) in [4.78, 5) is 19.6. The Kier molecular flexibility index (Phi) is 7.32. The van der Waals surface area contributed by atoms with Crippen molar-refractivity contribution in [2.24, 2.45) is 0 Å². The van der Waals surface area contributed by atoms with Crippen molar-refractivity contribution < 1.29 is 9.53 Å². The Morgan fingerprint density at radius 2 is 1.69 bits per heavy atom. The minimum atomic E-state index is -0.0500. The van der Waals surface area contributed by atoms with Crippen LogP contribution >= 0.6 is 0 Å². The summed E-state index contributed by atoms with van der Waals surface area (Å²) in [6.07, 6.45) is 4.34. The number of hydrogen-bond donors (Lipinski definition) is 0. The third-order valence-electron chi connectivity index (χ3n) is 5.58. The molecule has 1 atom stereocenters. The first-order valence-corrected chi connectivity index (χ1v) is 10.2. The van der Waals surface area contributed by atoms with Crippen molar-refractivity contribution >= 4 is 11.7 Å². The van der Waals surface area contributed by atoms with Gasteiger partial charge in [0, 0.05) is 44.5 Å². The number of rotatable bonds is 7. The monoisotopic (exact) mass is 359 g/mol. The molecule has 1 aromatic rings. The van der Waals surface area contributed by atoms with Crippen LogP contribution in [0.1, 0.15) is 32.6 Å². The predicted octanol–water partition coefficient (Wildman–Crippen LogP) is 2.62. The van der Waals surface area contributed by atoms with Crippen molar-refractivity contribution in [2.45, 2.75) is 38.6 Å². The van der Waals surface area contributed by atoms with Crippen LogP contribution in [0.15, 0.2) is 30.3 Å². The van der Waals surface area contributed by atoms with Crippen molar-refractivity contribution in [2.75, 3.05) is 57.3 Å². The normalized spacial score (nSPS) is 20.7. The number of likely N-dealkylation sites (tertiary alicyclic amines) is 1. The van der Waals surface area contributed by atoms with Crippen molar-refractivity contribution in [1.29, 1.82) is 0 Å². The number of carbonyl (C=O) groups is 1. The number of piperidine rings is 1. The summed E-state index contributed by atoms with van der Waals surface area (Å²) < 4.78 is 5.23. The topological polar surface area (TPSA) is 36.0 Å². The molecule has 3 rings (SSSR count). The van der Waals surface area contributed by atoms with Gasteiger partial charge in [0.2, 0.25) is 0 Å². The molecule has 0 spiro atoms. The van der Waals surface area contributed by atoms with E-state index in [1.807, 2.05) is 6.92 Å². The van der Waals surface area contributed by atoms with Crippen molar-refractivity contribution in [3.05, 3.63) is 30.3 Å². The van der Waals surface area contributed by atoms with E-state index in [0.717, 1.165) is 45.8 Å². The molecule has 0 saturated carbocycles. The highest BCUT2D eigenvalue weighted by atomic mass is 16.5. The Balaban J connectivity index is 1.54. The zero-order valence-corrected chi connectivity index (χ0v) is 16.1. The van der Waals surface area contributed by atoms with Crippen molar-refractivity contribution in [1.82, 2.24) is 9.80 Å². The highest BCUT2D eigenvalue weighted by Crippen LogP contribution is 2.19. The fourth-order valence-electron chi connectivity index (χ4n) is 4.13. The first-order chi connectivity index (χ1) is 12.8. The molecule has 2 aliphatic heterocycles. The van der Waals surface area contributed by atoms with Crippen LogP contribution in [0.4, 0.5) is 5.69 Å². The van der Waals surface area contributed by atoms with Crippen LogP contribution in [0.5, 0.6) is 0 Å². The molecule has 0 bridgehead atoms. The standard InChI is InChI=1S/C21H33N3O2/c1-2-26-21(25)17-20(23-11-7-4-8-12-23)18-22-13-15-24(16-14-22)19-9-5-3-6-10-19/h3,5-6,9-10,20H,2,4,7-8,11-18H2,1H3. The van der Waals surface area contributed by atoms with Gasteiger partial charge >= 0.3 is 5.97 Å². The molecule has 0 radical (unpaired) electrons. The smallest absolute Gasteiger partial charge is 0.307 e. The van der Waals surface area contributed by atoms with Crippen molar-refractivity contribution in [3.63, 3.8) is 0 Å². The Labute approximate surface area is 157 Å². The van der Waals surface area contributed by atoms with Gasteiger partial charge in [-0.15, -0.1) is 0 Å². The number of carbonyl (C=O) groups excluding carboxylic acids is 1.